The predicted octanol–water partition coefficient (Wildman–Crippen LogP) is 2.27. The van der Waals surface area contributed by atoms with Crippen molar-refractivity contribution in [3.63, 3.8) is 0 Å². The summed E-state index contributed by atoms with van der Waals surface area (Å²) in [6.07, 6.45) is 6.89. The summed E-state index contributed by atoms with van der Waals surface area (Å²) in [6.45, 7) is 0.956. The van der Waals surface area contributed by atoms with Gasteiger partial charge in [0.15, 0.2) is 0 Å². The van der Waals surface area contributed by atoms with E-state index in [1.807, 2.05) is 6.07 Å². The van der Waals surface area contributed by atoms with Crippen molar-refractivity contribution < 1.29 is 0 Å². The van der Waals surface area contributed by atoms with E-state index in [-0.39, 0.29) is 0 Å². The molecule has 0 saturated heterocycles. The van der Waals surface area contributed by atoms with Gasteiger partial charge in [-0.2, -0.15) is 0 Å². The highest BCUT2D eigenvalue weighted by molar-refractivity contribution is 6.33. The largest absolute Gasteiger partial charge is 0.383 e. The first-order chi connectivity index (χ1) is 7.25. The van der Waals surface area contributed by atoms with E-state index in [9.17, 15) is 0 Å². The smallest absolute Gasteiger partial charge is 0.0820 e. The molecular weight excluding hydrogens is 210 g/mol. The van der Waals surface area contributed by atoms with Gasteiger partial charge in [-0.3, -0.25) is 4.98 Å². The van der Waals surface area contributed by atoms with Crippen LogP contribution >= 0.6 is 11.6 Å². The van der Waals surface area contributed by atoms with Gasteiger partial charge >= 0.3 is 0 Å². The highest BCUT2D eigenvalue weighted by atomic mass is 35.5. The van der Waals surface area contributed by atoms with Crippen molar-refractivity contribution in [1.82, 2.24) is 4.98 Å². The van der Waals surface area contributed by atoms with Gasteiger partial charge in [0.2, 0.25) is 0 Å². The van der Waals surface area contributed by atoms with Gasteiger partial charge in [-0.1, -0.05) is 11.6 Å². The summed E-state index contributed by atoms with van der Waals surface area (Å²) in [5, 5.41) is 4.03. The van der Waals surface area contributed by atoms with E-state index in [0.717, 1.165) is 25.1 Å². The number of halogens is 1. The Labute approximate surface area is 95.0 Å². The van der Waals surface area contributed by atoms with Crippen LogP contribution < -0.4 is 11.1 Å². The molecule has 1 aromatic heterocycles. The Hall–Kier alpha value is -0.800. The molecule has 1 fully saturated rings. The first-order valence-corrected chi connectivity index (χ1v) is 5.72. The minimum absolute atomic E-state index is 0.393. The van der Waals surface area contributed by atoms with Crippen LogP contribution in [0.3, 0.4) is 0 Å². The molecule has 3 N–H and O–H groups in total. The van der Waals surface area contributed by atoms with E-state index in [1.54, 1.807) is 12.4 Å². The Morgan fingerprint density at radius 1 is 1.53 bits per heavy atom. The van der Waals surface area contributed by atoms with Crippen LogP contribution in [0.5, 0.6) is 0 Å². The molecule has 4 heteroatoms. The van der Waals surface area contributed by atoms with Crippen molar-refractivity contribution in [2.45, 2.75) is 25.3 Å². The number of rotatable bonds is 3. The zero-order chi connectivity index (χ0) is 10.7. The Kier molecular flexibility index (Phi) is 3.44. The van der Waals surface area contributed by atoms with Gasteiger partial charge in [0.05, 0.1) is 10.7 Å². The molecule has 0 spiro atoms. The van der Waals surface area contributed by atoms with Crippen molar-refractivity contribution in [2.75, 3.05) is 11.9 Å². The second-order valence-electron chi connectivity index (χ2n) is 4.18. The average molecular weight is 226 g/mol. The number of hydrogen-bond acceptors (Lipinski definition) is 3. The van der Waals surface area contributed by atoms with Crippen LogP contribution in [-0.2, 0) is 0 Å². The van der Waals surface area contributed by atoms with E-state index in [2.05, 4.69) is 10.3 Å². The molecule has 1 aliphatic carbocycles. The van der Waals surface area contributed by atoms with Crippen LogP contribution in [0, 0.1) is 5.92 Å². The van der Waals surface area contributed by atoms with Gasteiger partial charge in [0, 0.05) is 25.0 Å². The van der Waals surface area contributed by atoms with Crippen molar-refractivity contribution in [3.05, 3.63) is 23.5 Å². The van der Waals surface area contributed by atoms with Crippen molar-refractivity contribution >= 4 is 17.3 Å². The Morgan fingerprint density at radius 3 is 3.07 bits per heavy atom. The SMILES string of the molecule is NC1CCC(CNc2ccncc2Cl)C1. The molecule has 1 saturated carbocycles. The van der Waals surface area contributed by atoms with Gasteiger partial charge in [-0.05, 0) is 31.2 Å². The Balaban J connectivity index is 1.86. The molecule has 0 amide bonds. The lowest BCUT2D eigenvalue weighted by atomic mass is 10.1. The molecule has 0 radical (unpaired) electrons. The maximum atomic E-state index is 5.99. The topological polar surface area (TPSA) is 50.9 Å². The van der Waals surface area contributed by atoms with Crippen LogP contribution in [0.25, 0.3) is 0 Å². The van der Waals surface area contributed by atoms with Crippen LogP contribution in [0.15, 0.2) is 18.5 Å². The fourth-order valence-electron chi connectivity index (χ4n) is 2.07. The summed E-state index contributed by atoms with van der Waals surface area (Å²) in [5.41, 5.74) is 6.83. The first kappa shape index (κ1) is 10.7. The van der Waals surface area contributed by atoms with Crippen molar-refractivity contribution in [1.29, 1.82) is 0 Å². The maximum absolute atomic E-state index is 5.99. The summed E-state index contributed by atoms with van der Waals surface area (Å²) >= 11 is 5.99. The molecule has 2 rings (SSSR count). The summed E-state index contributed by atoms with van der Waals surface area (Å²) in [4.78, 5) is 3.94. The van der Waals surface area contributed by atoms with Crippen LogP contribution in [0.1, 0.15) is 19.3 Å². The van der Waals surface area contributed by atoms with Crippen LogP contribution in [0.2, 0.25) is 5.02 Å². The number of nitrogens with two attached hydrogens (primary N) is 1. The molecular formula is C11H16ClN3. The molecule has 2 atom stereocenters. The molecule has 1 heterocycles. The maximum Gasteiger partial charge on any atom is 0.0820 e. The third-order valence-electron chi connectivity index (χ3n) is 2.94. The second kappa shape index (κ2) is 4.81. The fraction of sp³-hybridized carbons (Fsp3) is 0.545. The van der Waals surface area contributed by atoms with E-state index in [1.165, 1.54) is 6.42 Å². The van der Waals surface area contributed by atoms with E-state index >= 15 is 0 Å². The van der Waals surface area contributed by atoms with Gasteiger partial charge in [-0.15, -0.1) is 0 Å². The summed E-state index contributed by atoms with van der Waals surface area (Å²) in [5.74, 6) is 0.684. The third-order valence-corrected chi connectivity index (χ3v) is 3.24. The predicted molar refractivity (Wildman–Crippen MR) is 63.1 cm³/mol. The molecule has 0 aromatic carbocycles. The molecule has 15 heavy (non-hydrogen) atoms. The summed E-state index contributed by atoms with van der Waals surface area (Å²) in [6, 6.07) is 2.29. The summed E-state index contributed by atoms with van der Waals surface area (Å²) < 4.78 is 0. The lowest BCUT2D eigenvalue weighted by Gasteiger charge is -2.12. The number of aromatic nitrogens is 1. The highest BCUT2D eigenvalue weighted by Gasteiger charge is 2.21. The average Bonchev–Trinajstić information content (AvgIpc) is 2.63. The van der Waals surface area contributed by atoms with Gasteiger partial charge in [0.1, 0.15) is 0 Å². The van der Waals surface area contributed by atoms with Gasteiger partial charge < -0.3 is 11.1 Å². The fourth-order valence-corrected chi connectivity index (χ4v) is 2.26. The third kappa shape index (κ3) is 2.83. The first-order valence-electron chi connectivity index (χ1n) is 5.34. The monoisotopic (exact) mass is 225 g/mol. The van der Waals surface area contributed by atoms with Gasteiger partial charge in [0.25, 0.3) is 0 Å². The van der Waals surface area contributed by atoms with E-state index < -0.39 is 0 Å². The zero-order valence-corrected chi connectivity index (χ0v) is 9.37. The number of hydrogen-bond donors (Lipinski definition) is 2. The molecule has 3 nitrogen and oxygen atoms in total. The van der Waals surface area contributed by atoms with Gasteiger partial charge in [-0.25, -0.2) is 0 Å². The molecule has 2 unspecified atom stereocenters. The minimum atomic E-state index is 0.393. The highest BCUT2D eigenvalue weighted by Crippen LogP contribution is 2.26. The standard InChI is InChI=1S/C11H16ClN3/c12-10-7-14-4-3-11(10)15-6-8-1-2-9(13)5-8/h3-4,7-9H,1-2,5-6,13H2,(H,14,15). The quantitative estimate of drug-likeness (QED) is 0.830. The van der Waals surface area contributed by atoms with Crippen molar-refractivity contribution in [2.24, 2.45) is 11.7 Å². The van der Waals surface area contributed by atoms with E-state index in [0.29, 0.717) is 17.0 Å². The number of anilines is 1. The zero-order valence-electron chi connectivity index (χ0n) is 8.62. The molecule has 0 aliphatic heterocycles. The van der Waals surface area contributed by atoms with E-state index in [4.69, 9.17) is 17.3 Å². The minimum Gasteiger partial charge on any atom is -0.383 e. The lowest BCUT2D eigenvalue weighted by Crippen LogP contribution is -2.17. The van der Waals surface area contributed by atoms with Crippen molar-refractivity contribution in [3.8, 4) is 0 Å². The number of pyridine rings is 1. The second-order valence-corrected chi connectivity index (χ2v) is 4.58. The molecule has 82 valence electrons. The lowest BCUT2D eigenvalue weighted by molar-refractivity contribution is 0.566. The molecule has 1 aliphatic rings. The molecule has 1 aromatic rings. The molecule has 0 bridgehead atoms. The normalized spacial score (nSPS) is 25.5. The Morgan fingerprint density at radius 2 is 2.40 bits per heavy atom. The van der Waals surface area contributed by atoms with Crippen LogP contribution in [-0.4, -0.2) is 17.6 Å². The number of nitrogens with zero attached hydrogens (tertiary/aromatic N) is 1. The number of nitrogens with one attached hydrogen (secondary N) is 1. The van der Waals surface area contributed by atoms with Crippen LogP contribution in [0.4, 0.5) is 5.69 Å². The Bertz CT molecular complexity index is 329. The summed E-state index contributed by atoms with van der Waals surface area (Å²) in [7, 11) is 0.